The molecule has 3 atom stereocenters. The van der Waals surface area contributed by atoms with Gasteiger partial charge in [0.1, 0.15) is 11.9 Å². The number of fused-ring (bicyclic) bond motifs is 1. The van der Waals surface area contributed by atoms with E-state index in [2.05, 4.69) is 44.3 Å². The third-order valence-electron chi connectivity index (χ3n) is 3.64. The minimum atomic E-state index is 0.227. The molecule has 16 heavy (non-hydrogen) atoms. The molecule has 0 spiro atoms. The molecule has 2 rings (SSSR count). The maximum absolute atomic E-state index is 6.00. The van der Waals surface area contributed by atoms with Crippen molar-refractivity contribution in [3.63, 3.8) is 0 Å². The molecule has 0 saturated heterocycles. The molecule has 88 valence electrons. The smallest absolute Gasteiger partial charge is 0.128 e. The molecule has 2 nitrogen and oxygen atoms in total. The molecule has 1 aromatic carbocycles. The van der Waals surface area contributed by atoms with Gasteiger partial charge in [0.05, 0.1) is 6.04 Å². The molecular weight excluding hydrogens is 198 g/mol. The minimum Gasteiger partial charge on any atom is -0.488 e. The van der Waals surface area contributed by atoms with Gasteiger partial charge in [0.2, 0.25) is 0 Å². The number of hydrogen-bond acceptors (Lipinski definition) is 2. The summed E-state index contributed by atoms with van der Waals surface area (Å²) in [5.41, 5.74) is 2.66. The quantitative estimate of drug-likeness (QED) is 0.842. The summed E-state index contributed by atoms with van der Waals surface area (Å²) in [6.07, 6.45) is 1.38. The van der Waals surface area contributed by atoms with Crippen LogP contribution in [0.2, 0.25) is 0 Å². The summed E-state index contributed by atoms with van der Waals surface area (Å²) in [4.78, 5) is 0. The number of hydrogen-bond donors (Lipinski definition) is 1. The van der Waals surface area contributed by atoms with Crippen LogP contribution in [0.5, 0.6) is 5.75 Å². The standard InChI is InChI=1S/C14H21NO/c1-5-9(2)11-7-6-8-12-13(15-4)10(3)16-14(11)12/h6-10,13,15H,5H2,1-4H3. The maximum atomic E-state index is 6.00. The Labute approximate surface area is 98.0 Å². The third-order valence-corrected chi connectivity index (χ3v) is 3.64. The number of nitrogens with one attached hydrogen (secondary N) is 1. The van der Waals surface area contributed by atoms with Crippen molar-refractivity contribution in [2.45, 2.75) is 45.3 Å². The average Bonchev–Trinajstić information content (AvgIpc) is 2.63. The fourth-order valence-corrected chi connectivity index (χ4v) is 2.46. The lowest BCUT2D eigenvalue weighted by atomic mass is 9.94. The molecule has 0 aromatic heterocycles. The van der Waals surface area contributed by atoms with Gasteiger partial charge in [0.15, 0.2) is 0 Å². The fraction of sp³-hybridized carbons (Fsp3) is 0.571. The third kappa shape index (κ3) is 1.71. The van der Waals surface area contributed by atoms with E-state index in [1.54, 1.807) is 0 Å². The van der Waals surface area contributed by atoms with Crippen LogP contribution in [0.25, 0.3) is 0 Å². The molecule has 3 unspecified atom stereocenters. The van der Waals surface area contributed by atoms with Crippen molar-refractivity contribution < 1.29 is 4.74 Å². The summed E-state index contributed by atoms with van der Waals surface area (Å²) in [5, 5.41) is 3.33. The van der Waals surface area contributed by atoms with Crippen molar-refractivity contribution >= 4 is 0 Å². The highest BCUT2D eigenvalue weighted by atomic mass is 16.5. The van der Waals surface area contributed by atoms with Crippen molar-refractivity contribution in [1.82, 2.24) is 5.32 Å². The second kappa shape index (κ2) is 4.46. The van der Waals surface area contributed by atoms with E-state index in [9.17, 15) is 0 Å². The van der Waals surface area contributed by atoms with Gasteiger partial charge >= 0.3 is 0 Å². The van der Waals surface area contributed by atoms with Crippen LogP contribution in [0.15, 0.2) is 18.2 Å². The fourth-order valence-electron chi connectivity index (χ4n) is 2.46. The average molecular weight is 219 g/mol. The van der Waals surface area contributed by atoms with Gasteiger partial charge in [-0.15, -0.1) is 0 Å². The van der Waals surface area contributed by atoms with Gasteiger partial charge in [-0.25, -0.2) is 0 Å². The Hall–Kier alpha value is -1.02. The minimum absolute atomic E-state index is 0.227. The van der Waals surface area contributed by atoms with Crippen LogP contribution < -0.4 is 10.1 Å². The molecule has 0 bridgehead atoms. The topological polar surface area (TPSA) is 21.3 Å². The number of benzene rings is 1. The van der Waals surface area contributed by atoms with Crippen LogP contribution >= 0.6 is 0 Å². The van der Waals surface area contributed by atoms with E-state index >= 15 is 0 Å². The van der Waals surface area contributed by atoms with Gasteiger partial charge in [-0.05, 0) is 31.9 Å². The van der Waals surface area contributed by atoms with Gasteiger partial charge in [-0.3, -0.25) is 0 Å². The highest BCUT2D eigenvalue weighted by molar-refractivity contribution is 5.48. The van der Waals surface area contributed by atoms with Crippen LogP contribution in [0, 0.1) is 0 Å². The first-order valence-corrected chi connectivity index (χ1v) is 6.15. The molecular formula is C14H21NO. The first kappa shape index (κ1) is 11.5. The second-order valence-electron chi connectivity index (χ2n) is 4.66. The van der Waals surface area contributed by atoms with Crippen LogP contribution in [0.1, 0.15) is 50.3 Å². The van der Waals surface area contributed by atoms with E-state index in [0.29, 0.717) is 12.0 Å². The lowest BCUT2D eigenvalue weighted by Gasteiger charge is -2.13. The predicted octanol–water partition coefficient (Wildman–Crippen LogP) is 3.24. The highest BCUT2D eigenvalue weighted by Gasteiger charge is 2.32. The molecule has 1 aromatic rings. The van der Waals surface area contributed by atoms with E-state index in [1.165, 1.54) is 11.1 Å². The number of para-hydroxylation sites is 1. The Balaban J connectivity index is 2.43. The van der Waals surface area contributed by atoms with Crippen molar-refractivity contribution in [2.75, 3.05) is 7.05 Å². The zero-order valence-electron chi connectivity index (χ0n) is 10.6. The zero-order chi connectivity index (χ0) is 11.7. The first-order chi connectivity index (χ1) is 7.69. The molecule has 1 N–H and O–H groups in total. The maximum Gasteiger partial charge on any atom is 0.128 e. The Bertz CT molecular complexity index is 375. The zero-order valence-corrected chi connectivity index (χ0v) is 10.6. The van der Waals surface area contributed by atoms with Crippen LogP contribution in [0.4, 0.5) is 0 Å². The van der Waals surface area contributed by atoms with E-state index in [-0.39, 0.29) is 6.10 Å². The molecule has 0 fully saturated rings. The Morgan fingerprint density at radius 3 is 2.81 bits per heavy atom. The number of likely N-dealkylation sites (N-methyl/N-ethyl adjacent to an activating group) is 1. The van der Waals surface area contributed by atoms with Crippen molar-refractivity contribution in [2.24, 2.45) is 0 Å². The van der Waals surface area contributed by atoms with Crippen molar-refractivity contribution in [3.8, 4) is 5.75 Å². The molecule has 0 radical (unpaired) electrons. The van der Waals surface area contributed by atoms with Gasteiger partial charge in [0.25, 0.3) is 0 Å². The van der Waals surface area contributed by atoms with Gasteiger partial charge in [-0.1, -0.05) is 32.0 Å². The lowest BCUT2D eigenvalue weighted by molar-refractivity contribution is 0.212. The summed E-state index contributed by atoms with van der Waals surface area (Å²) in [7, 11) is 2.00. The summed E-state index contributed by atoms with van der Waals surface area (Å²) in [6.45, 7) is 6.61. The first-order valence-electron chi connectivity index (χ1n) is 6.15. The Morgan fingerprint density at radius 2 is 2.19 bits per heavy atom. The van der Waals surface area contributed by atoms with Gasteiger partial charge in [-0.2, -0.15) is 0 Å². The van der Waals surface area contributed by atoms with Gasteiger partial charge in [0, 0.05) is 5.56 Å². The SMILES string of the molecule is CCC(C)c1cccc2c1OC(C)C2NC. The molecule has 1 aliphatic heterocycles. The number of ether oxygens (including phenoxy) is 1. The largest absolute Gasteiger partial charge is 0.488 e. The summed E-state index contributed by atoms with van der Waals surface area (Å²) >= 11 is 0. The van der Waals surface area contributed by atoms with Crippen molar-refractivity contribution in [3.05, 3.63) is 29.3 Å². The van der Waals surface area contributed by atoms with E-state index in [4.69, 9.17) is 4.74 Å². The van der Waals surface area contributed by atoms with E-state index in [0.717, 1.165) is 12.2 Å². The van der Waals surface area contributed by atoms with E-state index in [1.807, 2.05) is 7.05 Å². The normalized spacial score (nSPS) is 25.0. The summed E-state index contributed by atoms with van der Waals surface area (Å²) in [6, 6.07) is 6.84. The second-order valence-corrected chi connectivity index (χ2v) is 4.66. The lowest BCUT2D eigenvalue weighted by Crippen LogP contribution is -2.25. The number of rotatable bonds is 3. The molecule has 0 amide bonds. The van der Waals surface area contributed by atoms with Crippen LogP contribution in [-0.4, -0.2) is 13.2 Å². The summed E-state index contributed by atoms with van der Waals surface area (Å²) in [5.74, 6) is 1.68. The van der Waals surface area contributed by atoms with E-state index < -0.39 is 0 Å². The molecule has 1 heterocycles. The summed E-state index contributed by atoms with van der Waals surface area (Å²) < 4.78 is 6.00. The Morgan fingerprint density at radius 1 is 1.44 bits per heavy atom. The van der Waals surface area contributed by atoms with Gasteiger partial charge < -0.3 is 10.1 Å². The Kier molecular flexibility index (Phi) is 3.20. The molecule has 1 aliphatic rings. The highest BCUT2D eigenvalue weighted by Crippen LogP contribution is 2.42. The van der Waals surface area contributed by atoms with Crippen LogP contribution in [-0.2, 0) is 0 Å². The van der Waals surface area contributed by atoms with Crippen LogP contribution in [0.3, 0.4) is 0 Å². The molecule has 0 saturated carbocycles. The molecule has 2 heteroatoms. The monoisotopic (exact) mass is 219 g/mol. The molecule has 0 aliphatic carbocycles. The predicted molar refractivity (Wildman–Crippen MR) is 67.0 cm³/mol. The van der Waals surface area contributed by atoms with Crippen molar-refractivity contribution in [1.29, 1.82) is 0 Å².